The number of hydrogen-bond acceptors (Lipinski definition) is 3. The van der Waals surface area contributed by atoms with Crippen LogP contribution in [-0.4, -0.2) is 19.2 Å². The van der Waals surface area contributed by atoms with Crippen molar-refractivity contribution in [3.8, 4) is 5.75 Å². The summed E-state index contributed by atoms with van der Waals surface area (Å²) in [6.45, 7) is 1.93. The van der Waals surface area contributed by atoms with Crippen molar-refractivity contribution < 1.29 is 9.53 Å². The number of benzene rings is 2. The maximum Gasteiger partial charge on any atom is 0.275 e. The number of amides is 1. The molecular weight excluding hydrogens is 288 g/mol. The van der Waals surface area contributed by atoms with Crippen molar-refractivity contribution in [1.82, 2.24) is 5.43 Å². The fourth-order valence-electron chi connectivity index (χ4n) is 1.76. The van der Waals surface area contributed by atoms with Gasteiger partial charge in [0.05, 0.1) is 18.9 Å². The number of hydrazone groups is 1. The molecule has 0 radical (unpaired) electrons. The summed E-state index contributed by atoms with van der Waals surface area (Å²) in [5, 5.41) is 4.58. The SMILES string of the molecule is COc1cc(C)ccc1C(=O)N/N=C\c1ccc(Cl)cc1. The first kappa shape index (κ1) is 15.1. The highest BCUT2D eigenvalue weighted by atomic mass is 35.5. The third-order valence-corrected chi connectivity index (χ3v) is 3.10. The third kappa shape index (κ3) is 4.07. The van der Waals surface area contributed by atoms with E-state index >= 15 is 0 Å². The standard InChI is InChI=1S/C16H15ClN2O2/c1-11-3-8-14(15(9-11)21-2)16(20)19-18-10-12-4-6-13(17)7-5-12/h3-10H,1-2H3,(H,19,20)/b18-10-. The Morgan fingerprint density at radius 3 is 2.62 bits per heavy atom. The minimum absolute atomic E-state index is 0.322. The van der Waals surface area contributed by atoms with Gasteiger partial charge in [-0.3, -0.25) is 4.79 Å². The lowest BCUT2D eigenvalue weighted by Gasteiger charge is -2.07. The number of nitrogens with one attached hydrogen (secondary N) is 1. The Morgan fingerprint density at radius 1 is 1.24 bits per heavy atom. The largest absolute Gasteiger partial charge is 0.496 e. The minimum Gasteiger partial charge on any atom is -0.496 e. The molecule has 2 rings (SSSR count). The third-order valence-electron chi connectivity index (χ3n) is 2.85. The lowest BCUT2D eigenvalue weighted by Crippen LogP contribution is -2.18. The van der Waals surface area contributed by atoms with Crippen LogP contribution in [0, 0.1) is 6.92 Å². The number of aryl methyl sites for hydroxylation is 1. The molecule has 0 aliphatic heterocycles. The Hall–Kier alpha value is -2.33. The highest BCUT2D eigenvalue weighted by Crippen LogP contribution is 2.19. The van der Waals surface area contributed by atoms with Crippen LogP contribution in [0.5, 0.6) is 5.75 Å². The second-order valence-corrected chi connectivity index (χ2v) is 4.89. The molecule has 0 spiro atoms. The Morgan fingerprint density at radius 2 is 1.95 bits per heavy atom. The molecule has 21 heavy (non-hydrogen) atoms. The smallest absolute Gasteiger partial charge is 0.275 e. The maximum absolute atomic E-state index is 12.1. The van der Waals surface area contributed by atoms with Gasteiger partial charge < -0.3 is 4.74 Å². The van der Waals surface area contributed by atoms with Crippen molar-refractivity contribution in [3.05, 3.63) is 64.2 Å². The first-order chi connectivity index (χ1) is 10.1. The number of ether oxygens (including phenoxy) is 1. The summed E-state index contributed by atoms with van der Waals surface area (Å²) in [7, 11) is 1.53. The normalized spacial score (nSPS) is 10.6. The summed E-state index contributed by atoms with van der Waals surface area (Å²) in [6.07, 6.45) is 1.55. The highest BCUT2D eigenvalue weighted by Gasteiger charge is 2.11. The molecule has 0 bridgehead atoms. The molecule has 0 unspecified atom stereocenters. The Labute approximate surface area is 128 Å². The monoisotopic (exact) mass is 302 g/mol. The van der Waals surface area contributed by atoms with E-state index in [2.05, 4.69) is 10.5 Å². The van der Waals surface area contributed by atoms with E-state index in [9.17, 15) is 4.79 Å². The molecule has 0 aliphatic rings. The van der Waals surface area contributed by atoms with Crippen LogP contribution in [0.2, 0.25) is 5.02 Å². The van der Waals surface area contributed by atoms with Crippen LogP contribution in [0.4, 0.5) is 0 Å². The molecule has 5 heteroatoms. The number of carbonyl (C=O) groups is 1. The van der Waals surface area contributed by atoms with E-state index < -0.39 is 0 Å². The van der Waals surface area contributed by atoms with Gasteiger partial charge in [-0.15, -0.1) is 0 Å². The topological polar surface area (TPSA) is 50.7 Å². The van der Waals surface area contributed by atoms with E-state index in [0.29, 0.717) is 16.3 Å². The van der Waals surface area contributed by atoms with Gasteiger partial charge in [0.2, 0.25) is 0 Å². The number of rotatable bonds is 4. The van der Waals surface area contributed by atoms with Crippen LogP contribution in [0.15, 0.2) is 47.6 Å². The molecule has 0 atom stereocenters. The van der Waals surface area contributed by atoms with Crippen LogP contribution in [0.3, 0.4) is 0 Å². The quantitative estimate of drug-likeness (QED) is 0.695. The first-order valence-electron chi connectivity index (χ1n) is 6.34. The van der Waals surface area contributed by atoms with Gasteiger partial charge in [0, 0.05) is 5.02 Å². The fourth-order valence-corrected chi connectivity index (χ4v) is 1.89. The number of halogens is 1. The Kier molecular flexibility index (Phi) is 4.95. The molecule has 2 aromatic carbocycles. The van der Waals surface area contributed by atoms with Gasteiger partial charge in [0.25, 0.3) is 5.91 Å². The average molecular weight is 303 g/mol. The molecule has 4 nitrogen and oxygen atoms in total. The van der Waals surface area contributed by atoms with Gasteiger partial charge in [0.15, 0.2) is 0 Å². The lowest BCUT2D eigenvalue weighted by atomic mass is 10.1. The molecule has 0 saturated carbocycles. The molecule has 0 fully saturated rings. The summed E-state index contributed by atoms with van der Waals surface area (Å²) in [5.74, 6) is 0.200. The number of methoxy groups -OCH3 is 1. The van der Waals surface area contributed by atoms with Gasteiger partial charge in [0.1, 0.15) is 5.75 Å². The zero-order valence-electron chi connectivity index (χ0n) is 11.8. The summed E-state index contributed by atoms with van der Waals surface area (Å²) < 4.78 is 5.20. The second-order valence-electron chi connectivity index (χ2n) is 4.45. The van der Waals surface area contributed by atoms with Gasteiger partial charge in [-0.05, 0) is 42.3 Å². The first-order valence-corrected chi connectivity index (χ1v) is 6.71. The van der Waals surface area contributed by atoms with Crippen molar-refractivity contribution in [2.75, 3.05) is 7.11 Å². The van der Waals surface area contributed by atoms with Crippen LogP contribution in [0.25, 0.3) is 0 Å². The molecule has 108 valence electrons. The van der Waals surface area contributed by atoms with Crippen molar-refractivity contribution in [3.63, 3.8) is 0 Å². The van der Waals surface area contributed by atoms with Crippen molar-refractivity contribution in [2.24, 2.45) is 5.10 Å². The van der Waals surface area contributed by atoms with Crippen LogP contribution < -0.4 is 10.2 Å². The van der Waals surface area contributed by atoms with E-state index in [-0.39, 0.29) is 5.91 Å². The number of nitrogens with zero attached hydrogens (tertiary/aromatic N) is 1. The van der Waals surface area contributed by atoms with Gasteiger partial charge >= 0.3 is 0 Å². The molecule has 0 heterocycles. The predicted octanol–water partition coefficient (Wildman–Crippen LogP) is 3.42. The Balaban J connectivity index is 2.06. The minimum atomic E-state index is -0.322. The van der Waals surface area contributed by atoms with Crippen molar-refractivity contribution >= 4 is 23.7 Å². The van der Waals surface area contributed by atoms with Crippen molar-refractivity contribution in [1.29, 1.82) is 0 Å². The summed E-state index contributed by atoms with van der Waals surface area (Å²) in [5.41, 5.74) is 4.78. The maximum atomic E-state index is 12.1. The summed E-state index contributed by atoms with van der Waals surface area (Å²) in [6, 6.07) is 12.5. The van der Waals surface area contributed by atoms with Crippen molar-refractivity contribution in [2.45, 2.75) is 6.92 Å². The molecule has 0 aromatic heterocycles. The number of carbonyl (C=O) groups excluding carboxylic acids is 1. The summed E-state index contributed by atoms with van der Waals surface area (Å²) >= 11 is 5.79. The zero-order valence-corrected chi connectivity index (χ0v) is 12.5. The Bertz CT molecular complexity index is 666. The van der Waals surface area contributed by atoms with Gasteiger partial charge in [-0.2, -0.15) is 5.10 Å². The highest BCUT2D eigenvalue weighted by molar-refractivity contribution is 6.30. The molecule has 1 N–H and O–H groups in total. The van der Waals surface area contributed by atoms with E-state index in [1.807, 2.05) is 25.1 Å². The molecule has 1 amide bonds. The molecule has 0 aliphatic carbocycles. The lowest BCUT2D eigenvalue weighted by molar-refractivity contribution is 0.0952. The second kappa shape index (κ2) is 6.90. The number of hydrogen-bond donors (Lipinski definition) is 1. The van der Waals surface area contributed by atoms with E-state index in [1.54, 1.807) is 30.5 Å². The predicted molar refractivity (Wildman–Crippen MR) is 84.2 cm³/mol. The van der Waals surface area contributed by atoms with Gasteiger partial charge in [-0.1, -0.05) is 29.8 Å². The summed E-state index contributed by atoms with van der Waals surface area (Å²) in [4.78, 5) is 12.1. The van der Waals surface area contributed by atoms with E-state index in [1.165, 1.54) is 7.11 Å². The average Bonchev–Trinajstić information content (AvgIpc) is 2.49. The fraction of sp³-hybridized carbons (Fsp3) is 0.125. The van der Waals surface area contributed by atoms with Crippen LogP contribution in [0.1, 0.15) is 21.5 Å². The van der Waals surface area contributed by atoms with Crippen LogP contribution >= 0.6 is 11.6 Å². The van der Waals surface area contributed by atoms with Gasteiger partial charge in [-0.25, -0.2) is 5.43 Å². The zero-order chi connectivity index (χ0) is 15.2. The van der Waals surface area contributed by atoms with E-state index in [4.69, 9.17) is 16.3 Å². The van der Waals surface area contributed by atoms with E-state index in [0.717, 1.165) is 11.1 Å². The molecule has 0 saturated heterocycles. The molecular formula is C16H15ClN2O2. The van der Waals surface area contributed by atoms with Crippen LogP contribution in [-0.2, 0) is 0 Å². The molecule has 2 aromatic rings.